The summed E-state index contributed by atoms with van der Waals surface area (Å²) in [5, 5.41) is 2.86. The van der Waals surface area contributed by atoms with E-state index < -0.39 is 0 Å². The van der Waals surface area contributed by atoms with Gasteiger partial charge in [-0.05, 0) is 31.0 Å². The lowest BCUT2D eigenvalue weighted by atomic mass is 10.1. The molecule has 0 fully saturated rings. The number of nitrogens with zero attached hydrogens (tertiary/aromatic N) is 2. The van der Waals surface area contributed by atoms with Crippen molar-refractivity contribution in [2.75, 3.05) is 11.9 Å². The highest BCUT2D eigenvalue weighted by Crippen LogP contribution is 2.15. The molecule has 6 heteroatoms. The van der Waals surface area contributed by atoms with Crippen LogP contribution in [0.4, 0.5) is 10.7 Å². The van der Waals surface area contributed by atoms with Gasteiger partial charge in [0.05, 0.1) is 11.0 Å². The van der Waals surface area contributed by atoms with E-state index in [-0.39, 0.29) is 11.8 Å². The van der Waals surface area contributed by atoms with Gasteiger partial charge >= 0.3 is 6.03 Å². The van der Waals surface area contributed by atoms with Crippen LogP contribution in [0, 0.1) is 0 Å². The van der Waals surface area contributed by atoms with Crippen molar-refractivity contribution in [2.45, 2.75) is 33.2 Å². The number of imidazole rings is 1. The number of carbonyl (C=O) groups excluding carboxylic acids is 2. The summed E-state index contributed by atoms with van der Waals surface area (Å²) in [4.78, 5) is 33.5. The largest absolute Gasteiger partial charge is 0.324 e. The van der Waals surface area contributed by atoms with Gasteiger partial charge in [-0.2, -0.15) is 0 Å². The monoisotopic (exact) mass is 364 g/mol. The molecule has 2 amide bonds. The van der Waals surface area contributed by atoms with Crippen molar-refractivity contribution in [3.8, 4) is 0 Å². The van der Waals surface area contributed by atoms with Crippen molar-refractivity contribution in [1.82, 2.24) is 14.9 Å². The fraction of sp³-hybridized carbons (Fsp3) is 0.286. The first-order chi connectivity index (χ1) is 13.1. The number of carbonyl (C=O) groups is 2. The van der Waals surface area contributed by atoms with Gasteiger partial charge in [0.2, 0.25) is 5.95 Å². The second-order valence-corrected chi connectivity index (χ2v) is 6.56. The molecule has 0 aliphatic heterocycles. The number of anilines is 1. The minimum absolute atomic E-state index is 0.0343. The molecule has 0 aliphatic carbocycles. The lowest BCUT2D eigenvalue weighted by Gasteiger charge is -2.22. The number of H-pyrrole nitrogens is 1. The molecular weight excluding hydrogens is 340 g/mol. The van der Waals surface area contributed by atoms with E-state index in [0.29, 0.717) is 24.6 Å². The summed E-state index contributed by atoms with van der Waals surface area (Å²) in [6.07, 6.45) is 1.91. The molecular formula is C21H24N4O2. The normalized spacial score (nSPS) is 10.7. The molecule has 6 nitrogen and oxygen atoms in total. The Balaban J connectivity index is 1.72. The molecule has 0 aliphatic rings. The predicted molar refractivity (Wildman–Crippen MR) is 107 cm³/mol. The minimum Gasteiger partial charge on any atom is -0.324 e. The quantitative estimate of drug-likeness (QED) is 0.601. The van der Waals surface area contributed by atoms with Gasteiger partial charge in [0.15, 0.2) is 5.78 Å². The zero-order valence-electron chi connectivity index (χ0n) is 15.7. The number of aromatic nitrogens is 2. The Kier molecular flexibility index (Phi) is 5.86. The Morgan fingerprint density at radius 1 is 1.11 bits per heavy atom. The van der Waals surface area contributed by atoms with Crippen LogP contribution in [0.1, 0.15) is 42.6 Å². The van der Waals surface area contributed by atoms with E-state index in [0.717, 1.165) is 29.4 Å². The molecule has 0 atom stereocenters. The first-order valence-corrected chi connectivity index (χ1v) is 9.17. The standard InChI is InChI=1S/C21H24N4O2/c1-3-4-13-25(14-16-9-11-17(12-10-16)15(2)26)21(27)24-20-22-18-7-5-6-8-19(18)23-20/h5-12H,3-4,13-14H2,1-2H3,(H2,22,23,24,27). The molecule has 1 heterocycles. The van der Waals surface area contributed by atoms with Gasteiger partial charge in [-0.15, -0.1) is 0 Å². The second kappa shape index (κ2) is 8.49. The summed E-state index contributed by atoms with van der Waals surface area (Å²) >= 11 is 0. The number of Topliss-reactive ketones (excluding diaryl/α,β-unsaturated/α-hetero) is 1. The van der Waals surface area contributed by atoms with Crippen LogP contribution in [0.2, 0.25) is 0 Å². The topological polar surface area (TPSA) is 78.1 Å². The van der Waals surface area contributed by atoms with E-state index in [1.807, 2.05) is 36.4 Å². The number of hydrogen-bond acceptors (Lipinski definition) is 3. The van der Waals surface area contributed by atoms with Crippen LogP contribution in [-0.4, -0.2) is 33.2 Å². The van der Waals surface area contributed by atoms with Crippen molar-refractivity contribution < 1.29 is 9.59 Å². The average molecular weight is 364 g/mol. The van der Waals surface area contributed by atoms with Gasteiger partial charge in [0.1, 0.15) is 0 Å². The van der Waals surface area contributed by atoms with E-state index in [1.54, 1.807) is 24.0 Å². The smallest absolute Gasteiger partial charge is 0.324 e. The van der Waals surface area contributed by atoms with Crippen LogP contribution in [-0.2, 0) is 6.54 Å². The first kappa shape index (κ1) is 18.6. The molecule has 140 valence electrons. The van der Waals surface area contributed by atoms with Crippen LogP contribution in [0.5, 0.6) is 0 Å². The third kappa shape index (κ3) is 4.73. The summed E-state index contributed by atoms with van der Waals surface area (Å²) in [7, 11) is 0. The Morgan fingerprint density at radius 2 is 1.85 bits per heavy atom. The number of hydrogen-bond donors (Lipinski definition) is 2. The third-order valence-corrected chi connectivity index (χ3v) is 4.42. The number of ketones is 1. The highest BCUT2D eigenvalue weighted by Gasteiger charge is 2.15. The summed E-state index contributed by atoms with van der Waals surface area (Å²) in [5.41, 5.74) is 3.35. The van der Waals surface area contributed by atoms with E-state index in [1.165, 1.54) is 0 Å². The molecule has 0 spiro atoms. The molecule has 0 radical (unpaired) electrons. The van der Waals surface area contributed by atoms with Crippen molar-refractivity contribution in [1.29, 1.82) is 0 Å². The van der Waals surface area contributed by atoms with Gasteiger partial charge in [0.25, 0.3) is 0 Å². The van der Waals surface area contributed by atoms with Gasteiger partial charge < -0.3 is 9.88 Å². The lowest BCUT2D eigenvalue weighted by Crippen LogP contribution is -2.35. The highest BCUT2D eigenvalue weighted by atomic mass is 16.2. The zero-order valence-corrected chi connectivity index (χ0v) is 15.7. The van der Waals surface area contributed by atoms with Gasteiger partial charge in [-0.1, -0.05) is 49.7 Å². The first-order valence-electron chi connectivity index (χ1n) is 9.17. The molecule has 0 saturated carbocycles. The fourth-order valence-corrected chi connectivity index (χ4v) is 2.86. The molecule has 1 aromatic heterocycles. The van der Waals surface area contributed by atoms with Crippen LogP contribution in [0.3, 0.4) is 0 Å². The van der Waals surface area contributed by atoms with Crippen molar-refractivity contribution in [3.63, 3.8) is 0 Å². The Labute approximate surface area is 158 Å². The Bertz CT molecular complexity index is 898. The number of amides is 2. The maximum absolute atomic E-state index is 12.8. The summed E-state index contributed by atoms with van der Waals surface area (Å²) in [6.45, 7) is 4.77. The second-order valence-electron chi connectivity index (χ2n) is 6.56. The van der Waals surface area contributed by atoms with Gasteiger partial charge in [0, 0.05) is 18.7 Å². The molecule has 2 aromatic carbocycles. The van der Waals surface area contributed by atoms with Crippen molar-refractivity contribution in [3.05, 3.63) is 59.7 Å². The summed E-state index contributed by atoms with van der Waals surface area (Å²) in [5.74, 6) is 0.474. The molecule has 3 aromatic rings. The van der Waals surface area contributed by atoms with E-state index in [2.05, 4.69) is 22.2 Å². The van der Waals surface area contributed by atoms with Crippen LogP contribution in [0.25, 0.3) is 11.0 Å². The minimum atomic E-state index is -0.196. The SMILES string of the molecule is CCCCN(Cc1ccc(C(C)=O)cc1)C(=O)Nc1nc2ccccc2[nH]1. The fourth-order valence-electron chi connectivity index (χ4n) is 2.86. The van der Waals surface area contributed by atoms with Crippen molar-refractivity contribution in [2.24, 2.45) is 0 Å². The van der Waals surface area contributed by atoms with Gasteiger partial charge in [-0.25, -0.2) is 9.78 Å². The van der Waals surface area contributed by atoms with E-state index >= 15 is 0 Å². The average Bonchev–Trinajstić information content (AvgIpc) is 3.07. The zero-order chi connectivity index (χ0) is 19.2. The van der Waals surface area contributed by atoms with E-state index in [9.17, 15) is 9.59 Å². The molecule has 0 saturated heterocycles. The maximum atomic E-state index is 12.8. The number of para-hydroxylation sites is 2. The number of nitrogens with one attached hydrogen (secondary N) is 2. The number of rotatable bonds is 7. The Hall–Kier alpha value is -3.15. The predicted octanol–water partition coefficient (Wildman–Crippen LogP) is 4.60. The Morgan fingerprint density at radius 3 is 2.52 bits per heavy atom. The summed E-state index contributed by atoms with van der Waals surface area (Å²) in [6, 6.07) is 14.8. The van der Waals surface area contributed by atoms with E-state index in [4.69, 9.17) is 0 Å². The molecule has 0 unspecified atom stereocenters. The summed E-state index contributed by atoms with van der Waals surface area (Å²) < 4.78 is 0. The van der Waals surface area contributed by atoms with Crippen molar-refractivity contribution >= 4 is 28.8 Å². The number of aromatic amines is 1. The molecule has 2 N–H and O–H groups in total. The number of unbranched alkanes of at least 4 members (excludes halogenated alkanes) is 1. The number of benzene rings is 2. The molecule has 27 heavy (non-hydrogen) atoms. The van der Waals surface area contributed by atoms with Crippen LogP contribution in [0.15, 0.2) is 48.5 Å². The lowest BCUT2D eigenvalue weighted by molar-refractivity contribution is 0.101. The number of fused-ring (bicyclic) bond motifs is 1. The van der Waals surface area contributed by atoms with Crippen LogP contribution >= 0.6 is 0 Å². The third-order valence-electron chi connectivity index (χ3n) is 4.42. The molecule has 3 rings (SSSR count). The maximum Gasteiger partial charge on any atom is 0.324 e. The van der Waals surface area contributed by atoms with Crippen LogP contribution < -0.4 is 5.32 Å². The number of urea groups is 1. The van der Waals surface area contributed by atoms with Gasteiger partial charge in [-0.3, -0.25) is 10.1 Å². The highest BCUT2D eigenvalue weighted by molar-refractivity contribution is 5.94. The molecule has 0 bridgehead atoms.